The molecular weight excluding hydrogens is 248 g/mol. The molecule has 3 nitrogen and oxygen atoms in total. The van der Waals surface area contributed by atoms with Crippen LogP contribution in [0.15, 0.2) is 18.2 Å². The summed E-state index contributed by atoms with van der Waals surface area (Å²) >= 11 is 0. The van der Waals surface area contributed by atoms with E-state index in [0.717, 1.165) is 12.5 Å². The van der Waals surface area contributed by atoms with Crippen molar-refractivity contribution in [2.24, 2.45) is 0 Å². The number of piperidine rings is 1. The lowest BCUT2D eigenvalue weighted by Gasteiger charge is -2.46. The molecule has 2 aliphatic heterocycles. The third-order valence-electron chi connectivity index (χ3n) is 5.48. The van der Waals surface area contributed by atoms with Gasteiger partial charge >= 0.3 is 0 Å². The fourth-order valence-electron chi connectivity index (χ4n) is 4.42. The molecule has 1 aromatic carbocycles. The molecule has 0 saturated carbocycles. The summed E-state index contributed by atoms with van der Waals surface area (Å²) in [7, 11) is 0. The summed E-state index contributed by atoms with van der Waals surface area (Å²) in [6.07, 6.45) is 6.53. The number of nitrogens with zero attached hydrogens (tertiary/aromatic N) is 2. The van der Waals surface area contributed by atoms with E-state index < -0.39 is 0 Å². The van der Waals surface area contributed by atoms with Crippen molar-refractivity contribution < 1.29 is 5.11 Å². The molecule has 2 unspecified atom stereocenters. The Morgan fingerprint density at radius 1 is 1.00 bits per heavy atom. The average Bonchev–Trinajstić information content (AvgIpc) is 2.89. The maximum Gasteiger partial charge on any atom is 0.115 e. The number of piperazine rings is 1. The molecule has 20 heavy (non-hydrogen) atoms. The highest BCUT2D eigenvalue weighted by Gasteiger charge is 2.35. The summed E-state index contributed by atoms with van der Waals surface area (Å²) in [5.41, 5.74) is 2.83. The van der Waals surface area contributed by atoms with Crippen LogP contribution in [0.3, 0.4) is 0 Å². The standard InChI is InChI=1S/C17H24N2O/c20-15-5-6-16-13(11-15)4-7-17(16)19-10-9-18-8-2-1-3-14(18)12-19/h5-6,11,14,17,20H,1-4,7-10,12H2. The molecule has 1 aliphatic carbocycles. The Morgan fingerprint density at radius 2 is 1.90 bits per heavy atom. The van der Waals surface area contributed by atoms with Gasteiger partial charge in [-0.05, 0) is 55.5 Å². The summed E-state index contributed by atoms with van der Waals surface area (Å²) in [5.74, 6) is 0.418. The topological polar surface area (TPSA) is 26.7 Å². The third kappa shape index (κ3) is 2.13. The van der Waals surface area contributed by atoms with Gasteiger partial charge < -0.3 is 5.11 Å². The summed E-state index contributed by atoms with van der Waals surface area (Å²) in [6.45, 7) is 5.01. The number of aromatic hydroxyl groups is 1. The lowest BCUT2D eigenvalue weighted by Crippen LogP contribution is -2.55. The molecule has 2 saturated heterocycles. The molecule has 2 heterocycles. The van der Waals surface area contributed by atoms with E-state index in [-0.39, 0.29) is 0 Å². The van der Waals surface area contributed by atoms with E-state index >= 15 is 0 Å². The fourth-order valence-corrected chi connectivity index (χ4v) is 4.42. The van der Waals surface area contributed by atoms with Gasteiger partial charge in [-0.1, -0.05) is 12.5 Å². The van der Waals surface area contributed by atoms with Crippen molar-refractivity contribution in [2.45, 2.75) is 44.2 Å². The Labute approximate surface area is 121 Å². The summed E-state index contributed by atoms with van der Waals surface area (Å²) < 4.78 is 0. The molecule has 4 rings (SSSR count). The minimum Gasteiger partial charge on any atom is -0.508 e. The Bertz CT molecular complexity index is 502. The van der Waals surface area contributed by atoms with Crippen molar-refractivity contribution >= 4 is 0 Å². The zero-order valence-electron chi connectivity index (χ0n) is 12.1. The van der Waals surface area contributed by atoms with Crippen molar-refractivity contribution in [3.05, 3.63) is 29.3 Å². The van der Waals surface area contributed by atoms with Gasteiger partial charge in [-0.3, -0.25) is 9.80 Å². The van der Waals surface area contributed by atoms with Gasteiger partial charge in [0.15, 0.2) is 0 Å². The van der Waals surface area contributed by atoms with Gasteiger partial charge in [-0.15, -0.1) is 0 Å². The maximum absolute atomic E-state index is 9.63. The first-order valence-electron chi connectivity index (χ1n) is 8.11. The second-order valence-corrected chi connectivity index (χ2v) is 6.62. The minimum absolute atomic E-state index is 0.418. The number of aryl methyl sites for hydroxylation is 1. The number of rotatable bonds is 1. The normalized spacial score (nSPS) is 31.0. The monoisotopic (exact) mass is 272 g/mol. The molecule has 1 aromatic rings. The van der Waals surface area contributed by atoms with Crippen molar-refractivity contribution in [1.82, 2.24) is 9.80 Å². The first-order chi connectivity index (χ1) is 9.81. The molecule has 0 aromatic heterocycles. The van der Waals surface area contributed by atoms with E-state index in [1.165, 1.54) is 63.0 Å². The first-order valence-corrected chi connectivity index (χ1v) is 8.11. The van der Waals surface area contributed by atoms with Gasteiger partial charge in [-0.25, -0.2) is 0 Å². The fraction of sp³-hybridized carbons (Fsp3) is 0.647. The predicted molar refractivity (Wildman–Crippen MR) is 80.0 cm³/mol. The van der Waals surface area contributed by atoms with Gasteiger partial charge in [0.2, 0.25) is 0 Å². The number of phenols is 1. The Morgan fingerprint density at radius 3 is 2.85 bits per heavy atom. The van der Waals surface area contributed by atoms with Crippen molar-refractivity contribution in [1.29, 1.82) is 0 Å². The average molecular weight is 272 g/mol. The van der Waals surface area contributed by atoms with Crippen LogP contribution in [-0.4, -0.2) is 47.1 Å². The predicted octanol–water partition coefficient (Wildman–Crippen LogP) is 2.55. The van der Waals surface area contributed by atoms with E-state index in [1.807, 2.05) is 12.1 Å². The molecule has 1 N–H and O–H groups in total. The second-order valence-electron chi connectivity index (χ2n) is 6.62. The van der Waals surface area contributed by atoms with E-state index in [9.17, 15) is 5.11 Å². The molecule has 0 amide bonds. The van der Waals surface area contributed by atoms with E-state index in [1.54, 1.807) is 0 Å². The van der Waals surface area contributed by atoms with Gasteiger partial charge in [0.1, 0.15) is 5.75 Å². The number of hydrogen-bond acceptors (Lipinski definition) is 3. The molecule has 0 radical (unpaired) electrons. The molecule has 2 atom stereocenters. The lowest BCUT2D eigenvalue weighted by atomic mass is 9.97. The van der Waals surface area contributed by atoms with Crippen LogP contribution in [0.4, 0.5) is 0 Å². The number of benzene rings is 1. The lowest BCUT2D eigenvalue weighted by molar-refractivity contribution is 0.0271. The van der Waals surface area contributed by atoms with Crippen molar-refractivity contribution in [2.75, 3.05) is 26.2 Å². The number of fused-ring (bicyclic) bond motifs is 2. The van der Waals surface area contributed by atoms with E-state index in [2.05, 4.69) is 15.9 Å². The van der Waals surface area contributed by atoms with Gasteiger partial charge in [0, 0.05) is 31.7 Å². The van der Waals surface area contributed by atoms with Crippen LogP contribution in [0.1, 0.15) is 42.9 Å². The summed E-state index contributed by atoms with van der Waals surface area (Å²) in [4.78, 5) is 5.40. The number of phenolic OH excluding ortho intramolecular Hbond substituents is 1. The molecular formula is C17H24N2O. The van der Waals surface area contributed by atoms with Crippen LogP contribution in [0.25, 0.3) is 0 Å². The number of hydrogen-bond donors (Lipinski definition) is 1. The third-order valence-corrected chi connectivity index (χ3v) is 5.48. The van der Waals surface area contributed by atoms with Crippen LogP contribution in [-0.2, 0) is 6.42 Å². The molecule has 3 heteroatoms. The van der Waals surface area contributed by atoms with E-state index in [4.69, 9.17) is 0 Å². The zero-order chi connectivity index (χ0) is 13.5. The highest BCUT2D eigenvalue weighted by atomic mass is 16.3. The van der Waals surface area contributed by atoms with Gasteiger partial charge in [0.05, 0.1) is 0 Å². The highest BCUT2D eigenvalue weighted by molar-refractivity contribution is 5.40. The molecule has 3 aliphatic rings. The Balaban J connectivity index is 1.52. The van der Waals surface area contributed by atoms with Gasteiger partial charge in [0.25, 0.3) is 0 Å². The maximum atomic E-state index is 9.63. The minimum atomic E-state index is 0.418. The zero-order valence-corrected chi connectivity index (χ0v) is 12.1. The smallest absolute Gasteiger partial charge is 0.115 e. The van der Waals surface area contributed by atoms with Crippen LogP contribution in [0.5, 0.6) is 5.75 Å². The molecule has 0 bridgehead atoms. The molecule has 0 spiro atoms. The first kappa shape index (κ1) is 12.7. The van der Waals surface area contributed by atoms with Crippen LogP contribution < -0.4 is 0 Å². The Kier molecular flexibility index (Phi) is 3.20. The molecule has 2 fully saturated rings. The Hall–Kier alpha value is -1.06. The molecule has 108 valence electrons. The van der Waals surface area contributed by atoms with E-state index in [0.29, 0.717) is 11.8 Å². The summed E-state index contributed by atoms with van der Waals surface area (Å²) in [5, 5.41) is 9.63. The SMILES string of the molecule is Oc1ccc2c(c1)CCC2N1CCN2CCCCC2C1. The highest BCUT2D eigenvalue weighted by Crippen LogP contribution is 2.38. The largest absolute Gasteiger partial charge is 0.508 e. The van der Waals surface area contributed by atoms with Crippen LogP contribution in [0, 0.1) is 0 Å². The second kappa shape index (κ2) is 5.05. The van der Waals surface area contributed by atoms with Gasteiger partial charge in [-0.2, -0.15) is 0 Å². The van der Waals surface area contributed by atoms with Crippen LogP contribution in [0.2, 0.25) is 0 Å². The summed E-state index contributed by atoms with van der Waals surface area (Å²) in [6, 6.07) is 7.35. The quantitative estimate of drug-likeness (QED) is 0.851. The van der Waals surface area contributed by atoms with Crippen molar-refractivity contribution in [3.8, 4) is 5.75 Å². The van der Waals surface area contributed by atoms with Crippen LogP contribution >= 0.6 is 0 Å². The van der Waals surface area contributed by atoms with Crippen molar-refractivity contribution in [3.63, 3.8) is 0 Å².